The molecule has 2 saturated heterocycles. The number of nitrogens with zero attached hydrogens (tertiary/aromatic N) is 4. The van der Waals surface area contributed by atoms with Crippen molar-refractivity contribution < 1.29 is 19.5 Å². The van der Waals surface area contributed by atoms with Crippen LogP contribution in [0.1, 0.15) is 59.3 Å². The Balaban J connectivity index is 0.829. The lowest BCUT2D eigenvalue weighted by atomic mass is 8.96. The summed E-state index contributed by atoms with van der Waals surface area (Å²) in [5, 5.41) is 20.6. The van der Waals surface area contributed by atoms with Crippen LogP contribution >= 0.6 is 0 Å². The second-order valence-corrected chi connectivity index (χ2v) is 14.7. The van der Waals surface area contributed by atoms with Crippen molar-refractivity contribution in [2.24, 2.45) is 46.8 Å². The number of rotatable bonds is 5. The van der Waals surface area contributed by atoms with Crippen LogP contribution in [0, 0.1) is 46.8 Å². The molecule has 9 heteroatoms. The molecule has 4 heterocycles. The molecule has 2 atom stereocenters. The number of benzene rings is 2. The maximum Gasteiger partial charge on any atom is 0.259 e. The van der Waals surface area contributed by atoms with Crippen molar-refractivity contribution in [2.75, 3.05) is 18.0 Å². The van der Waals surface area contributed by atoms with E-state index in [1.54, 1.807) is 17.2 Å². The van der Waals surface area contributed by atoms with Crippen molar-refractivity contribution in [1.82, 2.24) is 20.0 Å². The van der Waals surface area contributed by atoms with Gasteiger partial charge in [0.15, 0.2) is 0 Å². The highest BCUT2D eigenvalue weighted by atomic mass is 16.3. The van der Waals surface area contributed by atoms with Crippen LogP contribution in [0.3, 0.4) is 0 Å². The van der Waals surface area contributed by atoms with E-state index in [2.05, 4.69) is 21.9 Å². The highest BCUT2D eigenvalue weighted by Crippen LogP contribution is 3.06. The van der Waals surface area contributed by atoms with Crippen LogP contribution in [0.5, 0.6) is 0 Å². The molecule has 0 radical (unpaired) electrons. The van der Waals surface area contributed by atoms with Gasteiger partial charge in [0.25, 0.3) is 5.91 Å². The standard InChI is InChI=1S/C35H33N5O4/c1-15-5-7-22(32(42)37-15)40-21-8-6-19(18-3-2-4-20(23(18)21)33(40)43)31(41)16-13-36-39(14-16)17-9-11-38(12-10-17)34(44)35-28-25-24-26(28)30(35)27(24)29(25)35/h2-4,6,8,13-14,17,22,24-31,41H,1,5,7,9-12H2,(H,37,42). The van der Waals surface area contributed by atoms with E-state index in [-0.39, 0.29) is 23.3 Å². The highest BCUT2D eigenvalue weighted by molar-refractivity contribution is 6.27. The van der Waals surface area contributed by atoms with E-state index < -0.39 is 12.1 Å². The number of aliphatic hydroxyl groups excluding tert-OH is 1. The van der Waals surface area contributed by atoms with Gasteiger partial charge in [-0.15, -0.1) is 0 Å². The SMILES string of the molecule is C=C1CCC(N2C(=O)c3cccc4c(C(O)c5cnn(C6CCN(C(=O)C78C9C%10C%11C9C7C%11C%108)CC6)c5)ccc2c34)C(=O)N1. The first-order valence-electron chi connectivity index (χ1n) is 16.3. The molecular formula is C35H33N5O4. The molecule has 6 aliphatic carbocycles. The van der Waals surface area contributed by atoms with E-state index in [1.807, 2.05) is 35.1 Å². The Morgan fingerprint density at radius 1 is 1.02 bits per heavy atom. The summed E-state index contributed by atoms with van der Waals surface area (Å²) in [4.78, 5) is 43.8. The number of carbonyl (C=O) groups excluding carboxylic acids is 3. The Hall–Kier alpha value is -3.98. The Labute approximate surface area is 253 Å². The summed E-state index contributed by atoms with van der Waals surface area (Å²) in [7, 11) is 0. The van der Waals surface area contributed by atoms with Crippen LogP contribution in [0.25, 0.3) is 10.8 Å². The Bertz CT molecular complexity index is 1850. The molecule has 3 aliphatic heterocycles. The van der Waals surface area contributed by atoms with E-state index >= 15 is 0 Å². The number of likely N-dealkylation sites (tertiary alicyclic amines) is 1. The fraction of sp³-hybridized carbons (Fsp3) is 0.486. The van der Waals surface area contributed by atoms with Gasteiger partial charge in [0.1, 0.15) is 12.1 Å². The third kappa shape index (κ3) is 2.41. The summed E-state index contributed by atoms with van der Waals surface area (Å²) < 4.78 is 1.96. The van der Waals surface area contributed by atoms with Gasteiger partial charge in [-0.25, -0.2) is 0 Å². The van der Waals surface area contributed by atoms with Gasteiger partial charge >= 0.3 is 0 Å². The van der Waals surface area contributed by atoms with Crippen molar-refractivity contribution in [3.05, 3.63) is 71.7 Å². The van der Waals surface area contributed by atoms with Gasteiger partial charge < -0.3 is 15.3 Å². The van der Waals surface area contributed by atoms with Crippen molar-refractivity contribution in [3.8, 4) is 0 Å². The van der Waals surface area contributed by atoms with Crippen LogP contribution in [-0.2, 0) is 9.59 Å². The van der Waals surface area contributed by atoms with E-state index in [4.69, 9.17) is 0 Å². The molecule has 0 bridgehead atoms. The molecule has 2 unspecified atom stereocenters. The molecule has 0 spiro atoms. The third-order valence-corrected chi connectivity index (χ3v) is 13.6. The van der Waals surface area contributed by atoms with Gasteiger partial charge in [-0.1, -0.05) is 24.8 Å². The monoisotopic (exact) mass is 587 g/mol. The lowest BCUT2D eigenvalue weighted by Crippen LogP contribution is -3.07. The largest absolute Gasteiger partial charge is 0.384 e. The summed E-state index contributed by atoms with van der Waals surface area (Å²) in [6, 6.07) is 8.88. The number of anilines is 1. The summed E-state index contributed by atoms with van der Waals surface area (Å²) in [5.41, 5.74) is 3.40. The van der Waals surface area contributed by atoms with Crippen LogP contribution in [0.2, 0.25) is 0 Å². The Kier molecular flexibility index (Phi) is 4.22. The number of amides is 3. The minimum absolute atomic E-state index is 0.0732. The van der Waals surface area contributed by atoms with E-state index in [9.17, 15) is 19.5 Å². The van der Waals surface area contributed by atoms with E-state index in [0.29, 0.717) is 46.8 Å². The first kappa shape index (κ1) is 24.4. The molecule has 12 rings (SSSR count). The number of hydrogen-bond acceptors (Lipinski definition) is 5. The third-order valence-electron chi connectivity index (χ3n) is 13.6. The van der Waals surface area contributed by atoms with E-state index in [0.717, 1.165) is 78.1 Å². The molecule has 222 valence electrons. The average Bonchev–Trinajstić information content (AvgIpc) is 3.65. The Morgan fingerprint density at radius 2 is 1.77 bits per heavy atom. The van der Waals surface area contributed by atoms with Gasteiger partial charge in [-0.3, -0.25) is 24.0 Å². The number of piperidine rings is 2. The van der Waals surface area contributed by atoms with Crippen LogP contribution in [0.4, 0.5) is 5.69 Å². The average molecular weight is 588 g/mol. The maximum absolute atomic E-state index is 13.6. The summed E-state index contributed by atoms with van der Waals surface area (Å²) >= 11 is 0. The van der Waals surface area contributed by atoms with Gasteiger partial charge in [0.2, 0.25) is 11.8 Å². The second kappa shape index (κ2) is 7.62. The maximum atomic E-state index is 13.6. The molecule has 44 heavy (non-hydrogen) atoms. The highest BCUT2D eigenvalue weighted by Gasteiger charge is 3.06. The van der Waals surface area contributed by atoms with Gasteiger partial charge in [-0.2, -0.15) is 5.10 Å². The van der Waals surface area contributed by atoms with Crippen LogP contribution in [0.15, 0.2) is 55.0 Å². The zero-order chi connectivity index (χ0) is 29.4. The van der Waals surface area contributed by atoms with Crippen molar-refractivity contribution in [2.45, 2.75) is 43.9 Å². The smallest absolute Gasteiger partial charge is 0.259 e. The fourth-order valence-corrected chi connectivity index (χ4v) is 11.9. The molecule has 1 aromatic heterocycles. The normalized spacial score (nSPS) is 39.2. The van der Waals surface area contributed by atoms with Gasteiger partial charge in [0, 0.05) is 41.5 Å². The minimum Gasteiger partial charge on any atom is -0.384 e. The molecule has 3 aromatic rings. The number of carbonyl (C=O) groups is 3. The fourth-order valence-electron chi connectivity index (χ4n) is 11.9. The number of hydrogen-bond donors (Lipinski definition) is 2. The zero-order valence-corrected chi connectivity index (χ0v) is 24.2. The predicted molar refractivity (Wildman–Crippen MR) is 159 cm³/mol. The molecule has 9 nitrogen and oxygen atoms in total. The van der Waals surface area contributed by atoms with E-state index in [1.165, 1.54) is 0 Å². The van der Waals surface area contributed by atoms with Gasteiger partial charge in [-0.05, 0) is 90.2 Å². The van der Waals surface area contributed by atoms with Gasteiger partial charge in [0.05, 0.1) is 23.3 Å². The lowest BCUT2D eigenvalue weighted by molar-refractivity contribution is -0.597. The summed E-state index contributed by atoms with van der Waals surface area (Å²) in [6.07, 6.45) is 5.64. The first-order chi connectivity index (χ1) is 21.4. The van der Waals surface area contributed by atoms with Crippen LogP contribution < -0.4 is 10.2 Å². The number of allylic oxidation sites excluding steroid dienone is 1. The summed E-state index contributed by atoms with van der Waals surface area (Å²) in [6.45, 7) is 5.43. The molecule has 8 fully saturated rings. The molecule has 3 amide bonds. The molecule has 6 saturated carbocycles. The Morgan fingerprint density at radius 3 is 2.50 bits per heavy atom. The number of nitrogens with one attached hydrogen (secondary N) is 1. The number of aromatic nitrogens is 2. The topological polar surface area (TPSA) is 108 Å². The molecule has 2 aromatic carbocycles. The quantitative estimate of drug-likeness (QED) is 0.476. The van der Waals surface area contributed by atoms with Crippen molar-refractivity contribution in [3.63, 3.8) is 0 Å². The first-order valence-corrected chi connectivity index (χ1v) is 16.3. The lowest BCUT2D eigenvalue weighted by Gasteiger charge is -3.06. The number of aliphatic hydroxyl groups is 1. The zero-order valence-electron chi connectivity index (χ0n) is 24.2. The minimum atomic E-state index is -0.922. The second-order valence-electron chi connectivity index (χ2n) is 14.7. The van der Waals surface area contributed by atoms with Crippen LogP contribution in [-0.4, -0.2) is 56.6 Å². The molecular weight excluding hydrogens is 554 g/mol. The van der Waals surface area contributed by atoms with Crippen molar-refractivity contribution in [1.29, 1.82) is 0 Å². The molecule has 2 N–H and O–H groups in total. The van der Waals surface area contributed by atoms with Crippen molar-refractivity contribution >= 4 is 34.2 Å². The predicted octanol–water partition coefficient (Wildman–Crippen LogP) is 3.40. The molecule has 9 aliphatic rings. The summed E-state index contributed by atoms with van der Waals surface area (Å²) in [5.74, 6) is 6.06.